The van der Waals surface area contributed by atoms with Crippen LogP contribution in [-0.2, 0) is 0 Å². The average Bonchev–Trinajstić information content (AvgIpc) is 2.39. The Bertz CT molecular complexity index is 454. The predicted molar refractivity (Wildman–Crippen MR) is 81.9 cm³/mol. The lowest BCUT2D eigenvalue weighted by molar-refractivity contribution is -0.384. The quantitative estimate of drug-likeness (QED) is 0.647. The number of anilines is 1. The Morgan fingerprint density at radius 1 is 1.10 bits per heavy atom. The van der Waals surface area contributed by atoms with E-state index in [1.807, 2.05) is 0 Å². The van der Waals surface area contributed by atoms with Crippen molar-refractivity contribution >= 4 is 11.4 Å². The van der Waals surface area contributed by atoms with Crippen molar-refractivity contribution in [2.24, 2.45) is 11.3 Å². The summed E-state index contributed by atoms with van der Waals surface area (Å²) in [6.07, 6.45) is 4.88. The third-order valence-corrected chi connectivity index (χ3v) is 4.40. The summed E-state index contributed by atoms with van der Waals surface area (Å²) in [5, 5.41) is 14.1. The van der Waals surface area contributed by atoms with Crippen LogP contribution in [0.15, 0.2) is 24.3 Å². The van der Waals surface area contributed by atoms with E-state index in [2.05, 4.69) is 26.1 Å². The lowest BCUT2D eigenvalue weighted by Crippen LogP contribution is -2.31. The molecule has 110 valence electrons. The summed E-state index contributed by atoms with van der Waals surface area (Å²) in [7, 11) is 0. The standard InChI is InChI=1S/C16H24N2O2/c1-16(2,3)12-4-6-13(7-5-12)17-14-8-10-15(11-9-14)18(19)20/h8-13,17H,4-7H2,1-3H3. The van der Waals surface area contributed by atoms with E-state index in [1.54, 1.807) is 24.3 Å². The second-order valence-electron chi connectivity index (χ2n) is 6.86. The molecule has 0 saturated heterocycles. The van der Waals surface area contributed by atoms with Crippen LogP contribution in [0.5, 0.6) is 0 Å². The molecule has 1 aromatic carbocycles. The highest BCUT2D eigenvalue weighted by molar-refractivity contribution is 5.49. The molecule has 1 N–H and O–H groups in total. The van der Waals surface area contributed by atoms with Crippen molar-refractivity contribution in [1.29, 1.82) is 0 Å². The molecule has 2 rings (SSSR count). The number of benzene rings is 1. The van der Waals surface area contributed by atoms with Gasteiger partial charge < -0.3 is 5.32 Å². The van der Waals surface area contributed by atoms with Crippen molar-refractivity contribution in [2.45, 2.75) is 52.5 Å². The minimum absolute atomic E-state index is 0.145. The van der Waals surface area contributed by atoms with Gasteiger partial charge in [-0.2, -0.15) is 0 Å². The minimum atomic E-state index is -0.363. The summed E-state index contributed by atoms with van der Waals surface area (Å²) in [6.45, 7) is 6.96. The molecule has 0 radical (unpaired) electrons. The molecule has 1 aromatic rings. The first kappa shape index (κ1) is 14.8. The highest BCUT2D eigenvalue weighted by atomic mass is 16.6. The van der Waals surface area contributed by atoms with Crippen LogP contribution in [0.3, 0.4) is 0 Å². The summed E-state index contributed by atoms with van der Waals surface area (Å²) in [5.41, 5.74) is 1.53. The molecule has 1 aliphatic carbocycles. The topological polar surface area (TPSA) is 55.2 Å². The molecular formula is C16H24N2O2. The van der Waals surface area contributed by atoms with E-state index in [1.165, 1.54) is 25.7 Å². The fourth-order valence-electron chi connectivity index (χ4n) is 3.02. The summed E-state index contributed by atoms with van der Waals surface area (Å²) >= 11 is 0. The van der Waals surface area contributed by atoms with Gasteiger partial charge in [0.15, 0.2) is 0 Å². The van der Waals surface area contributed by atoms with Crippen LogP contribution in [0.4, 0.5) is 11.4 Å². The van der Waals surface area contributed by atoms with Crippen LogP contribution in [0.25, 0.3) is 0 Å². The number of nitrogens with zero attached hydrogens (tertiary/aromatic N) is 1. The molecular weight excluding hydrogens is 252 g/mol. The number of rotatable bonds is 3. The number of nitrogens with one attached hydrogen (secondary N) is 1. The van der Waals surface area contributed by atoms with E-state index in [4.69, 9.17) is 0 Å². The van der Waals surface area contributed by atoms with Crippen molar-refractivity contribution in [3.8, 4) is 0 Å². The number of nitro benzene ring substituents is 1. The van der Waals surface area contributed by atoms with Gasteiger partial charge >= 0.3 is 0 Å². The summed E-state index contributed by atoms with van der Waals surface area (Å²) in [4.78, 5) is 10.3. The maximum absolute atomic E-state index is 10.6. The van der Waals surface area contributed by atoms with Crippen LogP contribution < -0.4 is 5.32 Å². The maximum atomic E-state index is 10.6. The minimum Gasteiger partial charge on any atom is -0.382 e. The molecule has 0 atom stereocenters. The van der Waals surface area contributed by atoms with Gasteiger partial charge in [0, 0.05) is 23.9 Å². The van der Waals surface area contributed by atoms with Gasteiger partial charge in [-0.1, -0.05) is 20.8 Å². The molecule has 0 aromatic heterocycles. The Balaban J connectivity index is 1.88. The largest absolute Gasteiger partial charge is 0.382 e. The number of hydrogen-bond donors (Lipinski definition) is 1. The Hall–Kier alpha value is -1.58. The van der Waals surface area contributed by atoms with E-state index in [9.17, 15) is 10.1 Å². The Kier molecular flexibility index (Phi) is 4.31. The van der Waals surface area contributed by atoms with Gasteiger partial charge in [0.1, 0.15) is 0 Å². The third kappa shape index (κ3) is 3.71. The van der Waals surface area contributed by atoms with Gasteiger partial charge in [-0.3, -0.25) is 10.1 Å². The molecule has 0 spiro atoms. The van der Waals surface area contributed by atoms with Crippen molar-refractivity contribution < 1.29 is 4.92 Å². The van der Waals surface area contributed by atoms with E-state index in [0.717, 1.165) is 11.6 Å². The molecule has 0 unspecified atom stereocenters. The van der Waals surface area contributed by atoms with E-state index >= 15 is 0 Å². The SMILES string of the molecule is CC(C)(C)C1CCC(Nc2ccc([N+](=O)[O-])cc2)CC1. The summed E-state index contributed by atoms with van der Waals surface area (Å²) in [6, 6.07) is 7.21. The van der Waals surface area contributed by atoms with Crippen LogP contribution in [-0.4, -0.2) is 11.0 Å². The molecule has 0 amide bonds. The molecule has 4 nitrogen and oxygen atoms in total. The second-order valence-corrected chi connectivity index (χ2v) is 6.86. The van der Waals surface area contributed by atoms with Crippen molar-refractivity contribution in [2.75, 3.05) is 5.32 Å². The molecule has 0 heterocycles. The number of hydrogen-bond acceptors (Lipinski definition) is 3. The first-order valence-corrected chi connectivity index (χ1v) is 7.37. The molecule has 1 fully saturated rings. The van der Waals surface area contributed by atoms with Crippen LogP contribution >= 0.6 is 0 Å². The molecule has 1 saturated carbocycles. The third-order valence-electron chi connectivity index (χ3n) is 4.40. The number of nitro groups is 1. The highest BCUT2D eigenvalue weighted by Crippen LogP contribution is 2.38. The molecule has 0 bridgehead atoms. The monoisotopic (exact) mass is 276 g/mol. The van der Waals surface area contributed by atoms with E-state index in [-0.39, 0.29) is 10.6 Å². The van der Waals surface area contributed by atoms with Crippen LogP contribution in [0.1, 0.15) is 46.5 Å². The average molecular weight is 276 g/mol. The fraction of sp³-hybridized carbons (Fsp3) is 0.625. The number of non-ortho nitro benzene ring substituents is 1. The normalized spacial score (nSPS) is 23.4. The van der Waals surface area contributed by atoms with Crippen molar-refractivity contribution in [1.82, 2.24) is 0 Å². The highest BCUT2D eigenvalue weighted by Gasteiger charge is 2.29. The zero-order valence-electron chi connectivity index (χ0n) is 12.6. The second kappa shape index (κ2) is 5.81. The molecule has 1 aliphatic rings. The van der Waals surface area contributed by atoms with E-state index in [0.29, 0.717) is 11.5 Å². The molecule has 20 heavy (non-hydrogen) atoms. The Morgan fingerprint density at radius 2 is 1.65 bits per heavy atom. The molecule has 4 heteroatoms. The zero-order valence-corrected chi connectivity index (χ0v) is 12.6. The van der Waals surface area contributed by atoms with E-state index < -0.39 is 0 Å². The van der Waals surface area contributed by atoms with Crippen LogP contribution in [0, 0.1) is 21.4 Å². The van der Waals surface area contributed by atoms with Gasteiger partial charge in [-0.05, 0) is 49.1 Å². The van der Waals surface area contributed by atoms with Gasteiger partial charge in [-0.15, -0.1) is 0 Å². The van der Waals surface area contributed by atoms with Gasteiger partial charge in [-0.25, -0.2) is 0 Å². The van der Waals surface area contributed by atoms with Gasteiger partial charge in [0.05, 0.1) is 4.92 Å². The smallest absolute Gasteiger partial charge is 0.269 e. The summed E-state index contributed by atoms with van der Waals surface area (Å²) in [5.74, 6) is 0.803. The lowest BCUT2D eigenvalue weighted by Gasteiger charge is -2.37. The first-order chi connectivity index (χ1) is 9.36. The Labute approximate surface area is 120 Å². The van der Waals surface area contributed by atoms with Crippen molar-refractivity contribution in [3.63, 3.8) is 0 Å². The molecule has 0 aliphatic heterocycles. The van der Waals surface area contributed by atoms with Crippen LogP contribution in [0.2, 0.25) is 0 Å². The summed E-state index contributed by atoms with van der Waals surface area (Å²) < 4.78 is 0. The van der Waals surface area contributed by atoms with Gasteiger partial charge in [0.2, 0.25) is 0 Å². The lowest BCUT2D eigenvalue weighted by atomic mass is 9.71. The predicted octanol–water partition coefficient (Wildman–Crippen LogP) is 4.61. The van der Waals surface area contributed by atoms with Gasteiger partial charge in [0.25, 0.3) is 5.69 Å². The first-order valence-electron chi connectivity index (χ1n) is 7.37. The zero-order chi connectivity index (χ0) is 14.8. The fourth-order valence-corrected chi connectivity index (χ4v) is 3.02. The van der Waals surface area contributed by atoms with Crippen molar-refractivity contribution in [3.05, 3.63) is 34.4 Å². The maximum Gasteiger partial charge on any atom is 0.269 e. The Morgan fingerprint density at radius 3 is 2.10 bits per heavy atom.